The van der Waals surface area contributed by atoms with Crippen molar-refractivity contribution in [2.75, 3.05) is 59.7 Å². The van der Waals surface area contributed by atoms with Gasteiger partial charge in [0.15, 0.2) is 5.82 Å². The Kier molecular flexibility index (Phi) is 18.1. The first-order valence-electron chi connectivity index (χ1n) is 22.4. The molecule has 3 aromatic carbocycles. The number of benzene rings is 3. The molecule has 4 unspecified atom stereocenters. The zero-order valence-corrected chi connectivity index (χ0v) is 39.7. The number of amides is 5. The Morgan fingerprint density at radius 2 is 1.47 bits per heavy atom. The fraction of sp³-hybridized carbons (Fsp3) is 0.429. The molecule has 1 aliphatic heterocycles. The molecule has 19 heteroatoms. The lowest BCUT2D eigenvalue weighted by Crippen LogP contribution is -2.56. The Balaban J connectivity index is 1.59. The maximum Gasteiger partial charge on any atom is 0.255 e. The van der Waals surface area contributed by atoms with Crippen LogP contribution in [0.15, 0.2) is 60.7 Å². The second kappa shape index (κ2) is 23.7. The molecule has 0 aliphatic carbocycles. The summed E-state index contributed by atoms with van der Waals surface area (Å²) in [5.74, 6) is -2.32. The number of aromatic nitrogens is 2. The fourth-order valence-electron chi connectivity index (χ4n) is 7.69. The van der Waals surface area contributed by atoms with E-state index in [-0.39, 0.29) is 70.0 Å². The second-order valence-corrected chi connectivity index (χ2v) is 17.4. The average Bonchev–Trinajstić information content (AvgIpc) is 3.30. The molecule has 0 saturated carbocycles. The summed E-state index contributed by atoms with van der Waals surface area (Å²) in [6, 6.07) is 14.7. The first-order chi connectivity index (χ1) is 32.4. The monoisotopic (exact) mass is 933 g/mol. The number of hydrogen-bond donors (Lipinski definition) is 7. The SMILES string of the molecule is Cc1nc(-c2ccc(C(C)(C)C)cc2)nc(C)c1C(=O)NC(COCCN)C(=O)N(C)C1C(=O)NC(C)C(=O)NC(C(=O)NCC#N)Cc2ccc(OCCN)c(c2)-c2cc1ccc2OCCN. The van der Waals surface area contributed by atoms with Gasteiger partial charge >= 0.3 is 0 Å². The van der Waals surface area contributed by atoms with Crippen molar-refractivity contribution in [1.82, 2.24) is 36.1 Å². The number of carbonyl (C=O) groups excluding carboxylic acids is 5. The number of nitrogens with one attached hydrogen (secondary N) is 4. The molecule has 2 heterocycles. The van der Waals surface area contributed by atoms with E-state index in [2.05, 4.69) is 52.0 Å². The Hall–Kier alpha value is -6.98. The summed E-state index contributed by atoms with van der Waals surface area (Å²) in [6.45, 7) is 11.3. The highest BCUT2D eigenvalue weighted by Crippen LogP contribution is 2.40. The van der Waals surface area contributed by atoms with Crippen molar-refractivity contribution in [3.63, 3.8) is 0 Å². The highest BCUT2D eigenvalue weighted by molar-refractivity contribution is 6.00. The number of likely N-dealkylation sites (N-methyl/N-ethyl adjacent to an activating group) is 1. The molecular weight excluding hydrogens is 871 g/mol. The van der Waals surface area contributed by atoms with E-state index >= 15 is 0 Å². The molecule has 0 radical (unpaired) electrons. The molecule has 5 rings (SSSR count). The van der Waals surface area contributed by atoms with Crippen molar-refractivity contribution < 1.29 is 38.2 Å². The quantitative estimate of drug-likeness (QED) is 0.0588. The van der Waals surface area contributed by atoms with Crippen LogP contribution in [-0.4, -0.2) is 122 Å². The third-order valence-electron chi connectivity index (χ3n) is 11.2. The van der Waals surface area contributed by atoms with Gasteiger partial charge in [-0.25, -0.2) is 9.97 Å². The molecule has 4 atom stereocenters. The third kappa shape index (κ3) is 12.9. The topological polar surface area (TPSA) is 292 Å². The van der Waals surface area contributed by atoms with Gasteiger partial charge in [-0.3, -0.25) is 24.0 Å². The highest BCUT2D eigenvalue weighted by Gasteiger charge is 2.37. The summed E-state index contributed by atoms with van der Waals surface area (Å²) in [7, 11) is 1.40. The molecule has 1 aromatic heterocycles. The Bertz CT molecular complexity index is 2480. The lowest BCUT2D eigenvalue weighted by molar-refractivity contribution is -0.142. The van der Waals surface area contributed by atoms with E-state index in [1.54, 1.807) is 50.2 Å². The van der Waals surface area contributed by atoms with Crippen LogP contribution in [0.3, 0.4) is 0 Å². The van der Waals surface area contributed by atoms with Crippen molar-refractivity contribution in [2.45, 2.75) is 77.5 Å². The number of fused-ring (bicyclic) bond motifs is 5. The van der Waals surface area contributed by atoms with Crippen LogP contribution in [0.4, 0.5) is 0 Å². The van der Waals surface area contributed by atoms with Crippen LogP contribution in [0.1, 0.15) is 72.2 Å². The minimum Gasteiger partial charge on any atom is -0.492 e. The third-order valence-corrected chi connectivity index (χ3v) is 11.2. The number of nitrogens with two attached hydrogens (primary N) is 3. The molecule has 19 nitrogen and oxygen atoms in total. The molecule has 5 amide bonds. The maximum atomic E-state index is 14.9. The number of rotatable bonds is 17. The summed E-state index contributed by atoms with van der Waals surface area (Å²) in [6.07, 6.45) is -0.00745. The van der Waals surface area contributed by atoms with Crippen LogP contribution in [0.2, 0.25) is 0 Å². The van der Waals surface area contributed by atoms with Crippen LogP contribution >= 0.6 is 0 Å². The molecule has 68 heavy (non-hydrogen) atoms. The molecule has 0 spiro atoms. The average molecular weight is 934 g/mol. The normalized spacial score (nSPS) is 16.5. The second-order valence-electron chi connectivity index (χ2n) is 17.4. The van der Waals surface area contributed by atoms with Crippen molar-refractivity contribution in [2.24, 2.45) is 17.2 Å². The Morgan fingerprint density at radius 1 is 0.868 bits per heavy atom. The van der Waals surface area contributed by atoms with Gasteiger partial charge in [0.05, 0.1) is 36.2 Å². The Labute approximate surface area is 396 Å². The van der Waals surface area contributed by atoms with Gasteiger partial charge in [-0.05, 0) is 67.1 Å². The van der Waals surface area contributed by atoms with Crippen molar-refractivity contribution in [3.8, 4) is 40.1 Å². The number of carbonyl (C=O) groups is 5. The van der Waals surface area contributed by atoms with Gasteiger partial charge in [-0.1, -0.05) is 57.2 Å². The predicted octanol–water partition coefficient (Wildman–Crippen LogP) is 1.86. The summed E-state index contributed by atoms with van der Waals surface area (Å²) in [5, 5.41) is 19.9. The van der Waals surface area contributed by atoms with Gasteiger partial charge in [0, 0.05) is 49.8 Å². The number of hydrogen-bond acceptors (Lipinski definition) is 14. The van der Waals surface area contributed by atoms with Gasteiger partial charge in [0.25, 0.3) is 5.91 Å². The Morgan fingerprint density at radius 3 is 2.06 bits per heavy atom. The van der Waals surface area contributed by atoms with E-state index in [0.717, 1.165) is 16.0 Å². The number of aryl methyl sites for hydroxylation is 2. The molecule has 10 N–H and O–H groups in total. The van der Waals surface area contributed by atoms with E-state index in [9.17, 15) is 29.2 Å². The summed E-state index contributed by atoms with van der Waals surface area (Å²) < 4.78 is 18.0. The van der Waals surface area contributed by atoms with Gasteiger partial charge in [-0.15, -0.1) is 0 Å². The maximum absolute atomic E-state index is 14.9. The largest absolute Gasteiger partial charge is 0.492 e. The first-order valence-corrected chi connectivity index (χ1v) is 22.4. The van der Waals surface area contributed by atoms with E-state index < -0.39 is 53.7 Å². The predicted molar refractivity (Wildman–Crippen MR) is 255 cm³/mol. The minimum atomic E-state index is -1.45. The van der Waals surface area contributed by atoms with Gasteiger partial charge in [0.2, 0.25) is 23.6 Å². The molecule has 4 aromatic rings. The zero-order valence-electron chi connectivity index (χ0n) is 39.7. The van der Waals surface area contributed by atoms with Crippen molar-refractivity contribution >= 4 is 29.5 Å². The molecule has 1 aliphatic rings. The van der Waals surface area contributed by atoms with E-state index in [1.165, 1.54) is 14.0 Å². The number of nitrogens with zero attached hydrogens (tertiary/aromatic N) is 4. The van der Waals surface area contributed by atoms with Crippen LogP contribution in [-0.2, 0) is 35.8 Å². The fourth-order valence-corrected chi connectivity index (χ4v) is 7.69. The summed E-state index contributed by atoms with van der Waals surface area (Å²) in [5.41, 5.74) is 22.0. The standard InChI is InChI=1S/C49H63N11O8/c1-28-41(29(2)56-43(55-28)32-9-12-34(13-10-32)49(4,5)6)46(63)59-38(27-66-21-17-51)48(65)60(7)42-33-11-15-40(68-23-19-53)36(26-33)35-24-31(8-14-39(35)67-22-18-52)25-37(45(62)54-20-16-50)58-44(61)30(3)57-47(42)64/h8-15,24,26,30,37-38,42H,17-23,25,27,51-53H2,1-7H3,(H,54,62)(H,57,64)(H,58,61)(H,59,63). The van der Waals surface area contributed by atoms with E-state index in [4.69, 9.17) is 31.4 Å². The van der Waals surface area contributed by atoms with Crippen LogP contribution in [0, 0.1) is 25.2 Å². The molecular formula is C49H63N11O8. The van der Waals surface area contributed by atoms with Gasteiger partial charge in [0.1, 0.15) is 55.4 Å². The molecule has 362 valence electrons. The van der Waals surface area contributed by atoms with E-state index in [0.29, 0.717) is 51.0 Å². The smallest absolute Gasteiger partial charge is 0.255 e. The summed E-state index contributed by atoms with van der Waals surface area (Å²) >= 11 is 0. The van der Waals surface area contributed by atoms with Crippen LogP contribution in [0.25, 0.3) is 22.5 Å². The van der Waals surface area contributed by atoms with Gasteiger partial charge in [-0.2, -0.15) is 5.26 Å². The van der Waals surface area contributed by atoms with Crippen molar-refractivity contribution in [3.05, 3.63) is 94.3 Å². The van der Waals surface area contributed by atoms with Crippen molar-refractivity contribution in [1.29, 1.82) is 5.26 Å². The lowest BCUT2D eigenvalue weighted by Gasteiger charge is -2.32. The van der Waals surface area contributed by atoms with Crippen LogP contribution in [0.5, 0.6) is 11.5 Å². The highest BCUT2D eigenvalue weighted by atomic mass is 16.5. The molecule has 4 bridgehead atoms. The van der Waals surface area contributed by atoms with Crippen LogP contribution < -0.4 is 47.9 Å². The zero-order chi connectivity index (χ0) is 49.7. The molecule has 0 saturated heterocycles. The minimum absolute atomic E-state index is 0.00745. The number of nitriles is 1. The summed E-state index contributed by atoms with van der Waals surface area (Å²) in [4.78, 5) is 81.4. The van der Waals surface area contributed by atoms with E-state index in [1.807, 2.05) is 30.3 Å². The number of ether oxygens (including phenoxy) is 3. The van der Waals surface area contributed by atoms with Gasteiger partial charge < -0.3 is 57.6 Å². The lowest BCUT2D eigenvalue weighted by atomic mass is 9.86. The molecule has 0 fully saturated rings. The first kappa shape index (κ1) is 52.0.